The van der Waals surface area contributed by atoms with Crippen molar-refractivity contribution in [3.8, 4) is 5.88 Å². The highest BCUT2D eigenvalue weighted by molar-refractivity contribution is 5.62. The fourth-order valence-corrected chi connectivity index (χ4v) is 1.69. The molecule has 1 aromatic heterocycles. The van der Waals surface area contributed by atoms with Crippen molar-refractivity contribution in [2.45, 2.75) is 6.92 Å². The molecule has 0 spiro atoms. The maximum atomic E-state index is 5.75. The van der Waals surface area contributed by atoms with Gasteiger partial charge in [-0.3, -0.25) is 0 Å². The molecule has 1 heterocycles. The van der Waals surface area contributed by atoms with E-state index in [0.717, 1.165) is 11.5 Å². The summed E-state index contributed by atoms with van der Waals surface area (Å²) in [6.07, 6.45) is 0. The second kappa shape index (κ2) is 4.96. The van der Waals surface area contributed by atoms with Crippen LogP contribution in [0.3, 0.4) is 0 Å². The molecule has 0 saturated heterocycles. The molecule has 2 N–H and O–H groups in total. The number of anilines is 3. The summed E-state index contributed by atoms with van der Waals surface area (Å²) >= 11 is 0. The number of nitrogens with zero attached hydrogens (tertiary/aromatic N) is 2. The van der Waals surface area contributed by atoms with Crippen LogP contribution < -0.4 is 15.4 Å². The van der Waals surface area contributed by atoms with Gasteiger partial charge in [-0.1, -0.05) is 17.7 Å². The third kappa shape index (κ3) is 2.37. The quantitative estimate of drug-likeness (QED) is 0.900. The number of benzene rings is 1. The molecule has 94 valence electrons. The van der Waals surface area contributed by atoms with Crippen LogP contribution in [-0.4, -0.2) is 19.1 Å². The van der Waals surface area contributed by atoms with E-state index in [1.54, 1.807) is 13.2 Å². The molecule has 4 nitrogen and oxygen atoms in total. The number of pyridine rings is 1. The largest absolute Gasteiger partial charge is 0.479 e. The molecule has 0 saturated carbocycles. The predicted molar refractivity (Wildman–Crippen MR) is 74.4 cm³/mol. The number of ether oxygens (including phenoxy) is 1. The van der Waals surface area contributed by atoms with Gasteiger partial charge in [0.25, 0.3) is 0 Å². The second-order valence-electron chi connectivity index (χ2n) is 4.16. The highest BCUT2D eigenvalue weighted by atomic mass is 16.5. The van der Waals surface area contributed by atoms with Gasteiger partial charge in [0, 0.05) is 12.7 Å². The first-order valence-electron chi connectivity index (χ1n) is 5.72. The lowest BCUT2D eigenvalue weighted by molar-refractivity contribution is 0.400. The van der Waals surface area contributed by atoms with Crippen molar-refractivity contribution in [3.05, 3.63) is 42.0 Å². The minimum absolute atomic E-state index is 0.450. The van der Waals surface area contributed by atoms with E-state index < -0.39 is 0 Å². The number of nitrogens with two attached hydrogens (primary N) is 1. The zero-order chi connectivity index (χ0) is 13.1. The fourth-order valence-electron chi connectivity index (χ4n) is 1.69. The van der Waals surface area contributed by atoms with Crippen molar-refractivity contribution >= 4 is 17.2 Å². The minimum Gasteiger partial charge on any atom is -0.479 e. The lowest BCUT2D eigenvalue weighted by Gasteiger charge is -2.19. The monoisotopic (exact) mass is 243 g/mol. The van der Waals surface area contributed by atoms with Crippen molar-refractivity contribution in [1.29, 1.82) is 0 Å². The average molecular weight is 243 g/mol. The van der Waals surface area contributed by atoms with Gasteiger partial charge in [-0.25, -0.2) is 0 Å². The summed E-state index contributed by atoms with van der Waals surface area (Å²) in [4.78, 5) is 6.36. The van der Waals surface area contributed by atoms with Crippen LogP contribution in [-0.2, 0) is 0 Å². The summed E-state index contributed by atoms with van der Waals surface area (Å²) in [6.45, 7) is 2.06. The van der Waals surface area contributed by atoms with E-state index in [1.807, 2.05) is 18.0 Å². The van der Waals surface area contributed by atoms with Crippen LogP contribution in [0.4, 0.5) is 17.2 Å². The standard InChI is InChI=1S/C14H17N3O/c1-10-4-6-11(7-5-10)17(2)13-9-8-12(15)14(16-13)18-3/h4-9H,15H2,1-3H3. The Morgan fingerprint density at radius 3 is 2.39 bits per heavy atom. The van der Waals surface area contributed by atoms with Crippen LogP contribution in [0.2, 0.25) is 0 Å². The van der Waals surface area contributed by atoms with Gasteiger partial charge in [-0.2, -0.15) is 4.98 Å². The summed E-state index contributed by atoms with van der Waals surface area (Å²) < 4.78 is 5.13. The zero-order valence-electron chi connectivity index (χ0n) is 10.8. The molecule has 4 heteroatoms. The molecule has 2 rings (SSSR count). The van der Waals surface area contributed by atoms with Gasteiger partial charge in [-0.15, -0.1) is 0 Å². The average Bonchev–Trinajstić information content (AvgIpc) is 2.39. The number of nitrogen functional groups attached to an aromatic ring is 1. The van der Waals surface area contributed by atoms with E-state index in [1.165, 1.54) is 5.56 Å². The normalized spacial score (nSPS) is 10.2. The SMILES string of the molecule is COc1nc(N(C)c2ccc(C)cc2)ccc1N. The molecule has 1 aromatic carbocycles. The zero-order valence-corrected chi connectivity index (χ0v) is 10.8. The van der Waals surface area contributed by atoms with E-state index in [4.69, 9.17) is 10.5 Å². The van der Waals surface area contributed by atoms with Crippen molar-refractivity contribution in [3.63, 3.8) is 0 Å². The molecule has 0 bridgehead atoms. The molecule has 0 atom stereocenters. The van der Waals surface area contributed by atoms with Crippen LogP contribution >= 0.6 is 0 Å². The summed E-state index contributed by atoms with van der Waals surface area (Å²) in [5.41, 5.74) is 8.59. The molecule has 0 fully saturated rings. The van der Waals surface area contributed by atoms with Gasteiger partial charge in [0.15, 0.2) is 0 Å². The Balaban J connectivity index is 2.33. The summed E-state index contributed by atoms with van der Waals surface area (Å²) in [7, 11) is 3.52. The first kappa shape index (κ1) is 12.2. The Kier molecular flexibility index (Phi) is 3.37. The van der Waals surface area contributed by atoms with Crippen molar-refractivity contribution < 1.29 is 4.74 Å². The van der Waals surface area contributed by atoms with Crippen LogP contribution in [0.15, 0.2) is 36.4 Å². The third-order valence-corrected chi connectivity index (χ3v) is 2.83. The van der Waals surface area contributed by atoms with Gasteiger partial charge >= 0.3 is 0 Å². The molecular formula is C14H17N3O. The molecule has 18 heavy (non-hydrogen) atoms. The number of methoxy groups -OCH3 is 1. The summed E-state index contributed by atoms with van der Waals surface area (Å²) in [5.74, 6) is 1.25. The molecule has 0 amide bonds. The smallest absolute Gasteiger partial charge is 0.238 e. The maximum absolute atomic E-state index is 5.75. The Hall–Kier alpha value is -2.23. The highest BCUT2D eigenvalue weighted by Crippen LogP contribution is 2.26. The molecular weight excluding hydrogens is 226 g/mol. The van der Waals surface area contributed by atoms with E-state index in [-0.39, 0.29) is 0 Å². The maximum Gasteiger partial charge on any atom is 0.238 e. The van der Waals surface area contributed by atoms with E-state index in [0.29, 0.717) is 11.6 Å². The fraction of sp³-hybridized carbons (Fsp3) is 0.214. The minimum atomic E-state index is 0.450. The topological polar surface area (TPSA) is 51.4 Å². The Morgan fingerprint density at radius 1 is 1.11 bits per heavy atom. The molecule has 0 unspecified atom stereocenters. The van der Waals surface area contributed by atoms with Gasteiger partial charge in [-0.05, 0) is 31.2 Å². The van der Waals surface area contributed by atoms with Crippen molar-refractivity contribution in [1.82, 2.24) is 4.98 Å². The highest BCUT2D eigenvalue weighted by Gasteiger charge is 2.08. The number of hydrogen-bond donors (Lipinski definition) is 1. The molecule has 2 aromatic rings. The van der Waals surface area contributed by atoms with E-state index in [9.17, 15) is 0 Å². The lowest BCUT2D eigenvalue weighted by atomic mass is 10.2. The van der Waals surface area contributed by atoms with Gasteiger partial charge in [0.1, 0.15) is 5.82 Å². The molecule has 0 radical (unpaired) electrons. The number of aromatic nitrogens is 1. The van der Waals surface area contributed by atoms with Crippen LogP contribution in [0.1, 0.15) is 5.56 Å². The van der Waals surface area contributed by atoms with Crippen LogP contribution in [0, 0.1) is 6.92 Å². The molecule has 0 aliphatic rings. The predicted octanol–water partition coefficient (Wildman–Crippen LogP) is 2.75. The Morgan fingerprint density at radius 2 is 1.78 bits per heavy atom. The van der Waals surface area contributed by atoms with Crippen molar-refractivity contribution in [2.75, 3.05) is 24.8 Å². The summed E-state index contributed by atoms with van der Waals surface area (Å²) in [5, 5.41) is 0. The first-order valence-corrected chi connectivity index (χ1v) is 5.72. The molecule has 0 aliphatic carbocycles. The number of rotatable bonds is 3. The second-order valence-corrected chi connectivity index (χ2v) is 4.16. The van der Waals surface area contributed by atoms with E-state index in [2.05, 4.69) is 36.2 Å². The summed E-state index contributed by atoms with van der Waals surface area (Å²) in [6, 6.07) is 11.9. The Labute approximate surface area is 107 Å². The third-order valence-electron chi connectivity index (χ3n) is 2.83. The van der Waals surface area contributed by atoms with Crippen LogP contribution in [0.5, 0.6) is 5.88 Å². The van der Waals surface area contributed by atoms with Gasteiger partial charge in [0.05, 0.1) is 12.8 Å². The number of aryl methyl sites for hydroxylation is 1. The van der Waals surface area contributed by atoms with Crippen LogP contribution in [0.25, 0.3) is 0 Å². The van der Waals surface area contributed by atoms with Gasteiger partial charge in [0.2, 0.25) is 5.88 Å². The molecule has 0 aliphatic heterocycles. The van der Waals surface area contributed by atoms with E-state index >= 15 is 0 Å². The first-order chi connectivity index (χ1) is 8.61. The van der Waals surface area contributed by atoms with Gasteiger partial charge < -0.3 is 15.4 Å². The number of hydrogen-bond acceptors (Lipinski definition) is 4. The Bertz CT molecular complexity index is 537. The lowest BCUT2D eigenvalue weighted by Crippen LogP contribution is -2.12. The van der Waals surface area contributed by atoms with Crippen molar-refractivity contribution in [2.24, 2.45) is 0 Å².